The molecule has 1 heterocycles. The molecule has 0 saturated heterocycles. The van der Waals surface area contributed by atoms with Crippen molar-refractivity contribution in [3.05, 3.63) is 79.9 Å². The van der Waals surface area contributed by atoms with Crippen LogP contribution in [-0.2, 0) is 4.74 Å². The van der Waals surface area contributed by atoms with Crippen LogP contribution in [0.2, 0.25) is 0 Å². The number of nitro benzene ring substituents is 1. The second-order valence-corrected chi connectivity index (χ2v) is 5.72. The quantitative estimate of drug-likeness (QED) is 0.438. The first kappa shape index (κ1) is 17.3. The van der Waals surface area contributed by atoms with Crippen LogP contribution in [0.25, 0.3) is 10.9 Å². The molecule has 26 heavy (non-hydrogen) atoms. The van der Waals surface area contributed by atoms with Crippen LogP contribution >= 0.6 is 0 Å². The molecule has 0 aliphatic heterocycles. The summed E-state index contributed by atoms with van der Waals surface area (Å²) in [6.45, 7) is 3.05. The van der Waals surface area contributed by atoms with Crippen LogP contribution in [0.15, 0.2) is 47.3 Å². The van der Waals surface area contributed by atoms with Crippen molar-refractivity contribution in [1.82, 2.24) is 9.97 Å². The highest BCUT2D eigenvalue weighted by Crippen LogP contribution is 2.23. The van der Waals surface area contributed by atoms with Gasteiger partial charge in [-0.3, -0.25) is 14.9 Å². The van der Waals surface area contributed by atoms with E-state index in [0.717, 1.165) is 0 Å². The number of fused-ring (bicyclic) bond motifs is 1. The molecule has 0 unspecified atom stereocenters. The Morgan fingerprint density at radius 1 is 1.23 bits per heavy atom. The summed E-state index contributed by atoms with van der Waals surface area (Å²) in [6.07, 6.45) is -0.835. The highest BCUT2D eigenvalue weighted by Gasteiger charge is 2.22. The normalized spacial score (nSPS) is 11.9. The van der Waals surface area contributed by atoms with E-state index in [4.69, 9.17) is 4.74 Å². The van der Waals surface area contributed by atoms with Crippen molar-refractivity contribution in [2.45, 2.75) is 20.0 Å². The molecule has 0 radical (unpaired) electrons. The fraction of sp³-hybridized carbons (Fsp3) is 0.167. The minimum absolute atomic E-state index is 0.0918. The molecule has 0 spiro atoms. The van der Waals surface area contributed by atoms with Gasteiger partial charge in [0.2, 0.25) is 0 Å². The Labute approximate surface area is 147 Å². The Hall–Kier alpha value is -3.55. The highest BCUT2D eigenvalue weighted by atomic mass is 16.6. The van der Waals surface area contributed by atoms with Gasteiger partial charge in [0.25, 0.3) is 11.2 Å². The van der Waals surface area contributed by atoms with Gasteiger partial charge < -0.3 is 9.72 Å². The average molecular weight is 353 g/mol. The number of nitro groups is 1. The molecule has 0 amide bonds. The van der Waals surface area contributed by atoms with E-state index in [1.54, 1.807) is 31.2 Å². The van der Waals surface area contributed by atoms with E-state index in [9.17, 15) is 19.7 Å². The third-order valence-corrected chi connectivity index (χ3v) is 4.02. The van der Waals surface area contributed by atoms with Gasteiger partial charge in [0, 0.05) is 11.6 Å². The number of hydrogen-bond acceptors (Lipinski definition) is 6. The molecule has 0 aliphatic rings. The van der Waals surface area contributed by atoms with Gasteiger partial charge in [0.05, 0.1) is 21.4 Å². The third-order valence-electron chi connectivity index (χ3n) is 4.02. The minimum Gasteiger partial charge on any atom is -0.451 e. The van der Waals surface area contributed by atoms with Gasteiger partial charge in [-0.25, -0.2) is 9.78 Å². The van der Waals surface area contributed by atoms with E-state index in [1.165, 1.54) is 25.1 Å². The number of nitrogens with zero attached hydrogens (tertiary/aromatic N) is 2. The Bertz CT molecular complexity index is 1070. The van der Waals surface area contributed by atoms with Crippen LogP contribution in [-0.4, -0.2) is 20.9 Å². The van der Waals surface area contributed by atoms with Gasteiger partial charge in [0.15, 0.2) is 11.9 Å². The predicted octanol–water partition coefficient (Wildman–Crippen LogP) is 3.06. The third kappa shape index (κ3) is 3.16. The molecule has 0 aliphatic carbocycles. The number of rotatable bonds is 4. The van der Waals surface area contributed by atoms with Gasteiger partial charge in [-0.1, -0.05) is 18.2 Å². The van der Waals surface area contributed by atoms with Crippen molar-refractivity contribution in [3.63, 3.8) is 0 Å². The summed E-state index contributed by atoms with van der Waals surface area (Å²) < 4.78 is 5.35. The number of aromatic amines is 1. The van der Waals surface area contributed by atoms with E-state index in [0.29, 0.717) is 10.9 Å². The number of benzene rings is 2. The molecule has 2 aromatic carbocycles. The first-order valence-corrected chi connectivity index (χ1v) is 7.82. The number of para-hydroxylation sites is 1. The zero-order valence-electron chi connectivity index (χ0n) is 14.1. The van der Waals surface area contributed by atoms with Gasteiger partial charge in [-0.05, 0) is 32.0 Å². The number of hydrogen-bond donors (Lipinski definition) is 1. The summed E-state index contributed by atoms with van der Waals surface area (Å²) in [5, 5.41) is 11.4. The van der Waals surface area contributed by atoms with Crippen LogP contribution < -0.4 is 5.56 Å². The van der Waals surface area contributed by atoms with E-state index in [-0.39, 0.29) is 28.2 Å². The van der Waals surface area contributed by atoms with Crippen molar-refractivity contribution < 1.29 is 14.5 Å². The molecule has 1 N–H and O–H groups in total. The van der Waals surface area contributed by atoms with Crippen LogP contribution in [0.1, 0.15) is 34.8 Å². The topological polar surface area (TPSA) is 115 Å². The Balaban J connectivity index is 1.90. The number of carbonyl (C=O) groups excluding carboxylic acids is 1. The molecular weight excluding hydrogens is 338 g/mol. The standard InChI is InChI=1S/C18H15N3O5/c1-10-12(7-5-9-15(10)21(24)25)18(23)26-11(2)16-19-14-8-4-3-6-13(14)17(22)20-16/h3-9,11H,1-2H3,(H,19,20,22)/t11-/m1/s1. The molecule has 8 nitrogen and oxygen atoms in total. The molecule has 8 heteroatoms. The highest BCUT2D eigenvalue weighted by molar-refractivity contribution is 5.92. The summed E-state index contributed by atoms with van der Waals surface area (Å²) >= 11 is 0. The monoisotopic (exact) mass is 353 g/mol. The maximum atomic E-state index is 12.4. The van der Waals surface area contributed by atoms with Crippen LogP contribution in [0.5, 0.6) is 0 Å². The number of aromatic nitrogens is 2. The smallest absolute Gasteiger partial charge is 0.339 e. The summed E-state index contributed by atoms with van der Waals surface area (Å²) in [5.74, 6) is -0.528. The van der Waals surface area contributed by atoms with Crippen molar-refractivity contribution >= 4 is 22.6 Å². The van der Waals surface area contributed by atoms with Crippen molar-refractivity contribution in [3.8, 4) is 0 Å². The molecule has 1 atom stereocenters. The van der Waals surface area contributed by atoms with E-state index >= 15 is 0 Å². The van der Waals surface area contributed by atoms with E-state index in [2.05, 4.69) is 9.97 Å². The lowest BCUT2D eigenvalue weighted by Crippen LogP contribution is -2.18. The number of ether oxygens (including phenoxy) is 1. The fourth-order valence-electron chi connectivity index (χ4n) is 2.62. The van der Waals surface area contributed by atoms with Gasteiger partial charge >= 0.3 is 5.97 Å². The van der Waals surface area contributed by atoms with Crippen LogP contribution in [0.3, 0.4) is 0 Å². The second kappa shape index (κ2) is 6.75. The van der Waals surface area contributed by atoms with Gasteiger partial charge in [-0.2, -0.15) is 0 Å². The largest absolute Gasteiger partial charge is 0.451 e. The Morgan fingerprint density at radius 2 is 1.96 bits per heavy atom. The summed E-state index contributed by atoms with van der Waals surface area (Å²) in [5.41, 5.74) is 0.300. The number of esters is 1. The lowest BCUT2D eigenvalue weighted by molar-refractivity contribution is -0.385. The molecule has 1 aromatic heterocycles. The predicted molar refractivity (Wildman–Crippen MR) is 94.0 cm³/mol. The van der Waals surface area contributed by atoms with Crippen molar-refractivity contribution in [1.29, 1.82) is 0 Å². The fourth-order valence-corrected chi connectivity index (χ4v) is 2.62. The SMILES string of the molecule is Cc1c(C(=O)O[C@H](C)c2nc3ccccc3c(=O)[nH]2)cccc1[N+](=O)[O-]. The number of carbonyl (C=O) groups is 1. The summed E-state index contributed by atoms with van der Waals surface area (Å²) in [4.78, 5) is 41.9. The van der Waals surface area contributed by atoms with Crippen LogP contribution in [0.4, 0.5) is 5.69 Å². The lowest BCUT2D eigenvalue weighted by atomic mass is 10.1. The molecular formula is C18H15N3O5. The zero-order chi connectivity index (χ0) is 18.8. The first-order chi connectivity index (χ1) is 12.4. The summed E-state index contributed by atoms with van der Waals surface area (Å²) in [7, 11) is 0. The van der Waals surface area contributed by atoms with Gasteiger partial charge in [0.1, 0.15) is 0 Å². The molecule has 3 aromatic rings. The summed E-state index contributed by atoms with van der Waals surface area (Å²) in [6, 6.07) is 11.0. The second-order valence-electron chi connectivity index (χ2n) is 5.72. The lowest BCUT2D eigenvalue weighted by Gasteiger charge is -2.14. The van der Waals surface area contributed by atoms with E-state index in [1.807, 2.05) is 0 Å². The minimum atomic E-state index is -0.835. The Morgan fingerprint density at radius 3 is 2.69 bits per heavy atom. The average Bonchev–Trinajstić information content (AvgIpc) is 2.61. The van der Waals surface area contributed by atoms with Crippen molar-refractivity contribution in [2.75, 3.05) is 0 Å². The number of H-pyrrole nitrogens is 1. The molecule has 132 valence electrons. The maximum absolute atomic E-state index is 12.4. The maximum Gasteiger partial charge on any atom is 0.339 e. The van der Waals surface area contributed by atoms with E-state index < -0.39 is 17.0 Å². The van der Waals surface area contributed by atoms with Crippen molar-refractivity contribution in [2.24, 2.45) is 0 Å². The molecule has 0 bridgehead atoms. The zero-order valence-corrected chi connectivity index (χ0v) is 14.1. The Kier molecular flexibility index (Phi) is 4.49. The van der Waals surface area contributed by atoms with Crippen LogP contribution in [0, 0.1) is 17.0 Å². The molecule has 3 rings (SSSR count). The first-order valence-electron chi connectivity index (χ1n) is 7.82. The molecule has 0 saturated carbocycles. The molecule has 0 fully saturated rings. The number of nitrogens with one attached hydrogen (secondary N) is 1. The van der Waals surface area contributed by atoms with Gasteiger partial charge in [-0.15, -0.1) is 0 Å².